The zero-order valence-electron chi connectivity index (χ0n) is 40.9. The summed E-state index contributed by atoms with van der Waals surface area (Å²) in [6, 6.07) is -0.710. The molecule has 0 aromatic rings. The molecule has 1 amide bonds. The van der Waals surface area contributed by atoms with Gasteiger partial charge in [0.15, 0.2) is 6.29 Å². The van der Waals surface area contributed by atoms with Gasteiger partial charge in [-0.05, 0) is 12.8 Å². The van der Waals surface area contributed by atoms with E-state index in [1.165, 1.54) is 212 Å². The van der Waals surface area contributed by atoms with Crippen molar-refractivity contribution in [3.63, 3.8) is 0 Å². The Bertz CT molecular complexity index is 939. The molecule has 1 rings (SSSR count). The maximum Gasteiger partial charge on any atom is 0.220 e. The minimum Gasteiger partial charge on any atom is -0.394 e. The van der Waals surface area contributed by atoms with Gasteiger partial charge in [-0.2, -0.15) is 0 Å². The van der Waals surface area contributed by atoms with Crippen molar-refractivity contribution in [2.24, 2.45) is 0 Å². The van der Waals surface area contributed by atoms with E-state index in [1.807, 2.05) is 0 Å². The van der Waals surface area contributed by atoms with Crippen LogP contribution in [-0.4, -0.2) is 87.5 Å². The molecule has 0 saturated carbocycles. The molecule has 1 saturated heterocycles. The Labute approximate surface area is 383 Å². The average Bonchev–Trinajstić information content (AvgIpc) is 3.27. The van der Waals surface area contributed by atoms with Crippen molar-refractivity contribution in [2.75, 3.05) is 13.2 Å². The Balaban J connectivity index is 2.01. The largest absolute Gasteiger partial charge is 0.394 e. The lowest BCUT2D eigenvalue weighted by Gasteiger charge is -2.40. The van der Waals surface area contributed by atoms with Crippen molar-refractivity contribution in [3.8, 4) is 0 Å². The van der Waals surface area contributed by atoms with Gasteiger partial charge in [0.2, 0.25) is 5.91 Å². The van der Waals surface area contributed by atoms with Gasteiger partial charge in [-0.1, -0.05) is 258 Å². The number of carbonyl (C=O) groups excluding carboxylic acids is 1. The molecule has 1 heterocycles. The minimum atomic E-state index is -1.55. The Morgan fingerprint density at radius 2 is 0.806 bits per heavy atom. The third-order valence-electron chi connectivity index (χ3n) is 13.5. The van der Waals surface area contributed by atoms with E-state index in [1.54, 1.807) is 0 Å². The molecule has 1 aliphatic rings. The lowest BCUT2D eigenvalue weighted by atomic mass is 9.99. The van der Waals surface area contributed by atoms with E-state index in [2.05, 4.69) is 19.2 Å². The average molecular weight is 884 g/mol. The number of hydrogen-bond donors (Lipinski definition) is 6. The van der Waals surface area contributed by atoms with Crippen LogP contribution in [0.3, 0.4) is 0 Å². The predicted molar refractivity (Wildman–Crippen MR) is 258 cm³/mol. The first-order chi connectivity index (χ1) is 30.3. The first kappa shape index (κ1) is 59.2. The lowest BCUT2D eigenvalue weighted by molar-refractivity contribution is -0.302. The van der Waals surface area contributed by atoms with Gasteiger partial charge < -0.3 is 40.3 Å². The fourth-order valence-corrected chi connectivity index (χ4v) is 9.11. The number of carbonyl (C=O) groups is 1. The third kappa shape index (κ3) is 33.6. The highest BCUT2D eigenvalue weighted by molar-refractivity contribution is 5.76. The third-order valence-corrected chi connectivity index (χ3v) is 13.5. The van der Waals surface area contributed by atoms with Gasteiger partial charge in [-0.25, -0.2) is 0 Å². The maximum absolute atomic E-state index is 12.9. The molecule has 0 aromatic heterocycles. The van der Waals surface area contributed by atoms with Gasteiger partial charge in [0, 0.05) is 6.42 Å². The van der Waals surface area contributed by atoms with Gasteiger partial charge in [0.05, 0.1) is 25.4 Å². The second-order valence-corrected chi connectivity index (χ2v) is 19.4. The van der Waals surface area contributed by atoms with E-state index in [0.29, 0.717) is 12.8 Å². The molecular formula is C53H105NO8. The minimum absolute atomic E-state index is 0.133. The van der Waals surface area contributed by atoms with Crippen LogP contribution in [0.4, 0.5) is 0 Å². The zero-order valence-corrected chi connectivity index (χ0v) is 40.9. The number of unbranched alkanes of at least 4 members (excludes halogenated alkanes) is 37. The summed E-state index contributed by atoms with van der Waals surface area (Å²) >= 11 is 0. The van der Waals surface area contributed by atoms with Crippen molar-refractivity contribution in [3.05, 3.63) is 0 Å². The van der Waals surface area contributed by atoms with Crippen molar-refractivity contribution in [2.45, 2.75) is 320 Å². The number of aliphatic hydroxyl groups is 5. The van der Waals surface area contributed by atoms with Crippen molar-refractivity contribution < 1.29 is 39.8 Å². The van der Waals surface area contributed by atoms with E-state index < -0.39 is 49.5 Å². The summed E-state index contributed by atoms with van der Waals surface area (Å²) in [6.45, 7) is 3.81. The Hall–Kier alpha value is -0.810. The first-order valence-electron chi connectivity index (χ1n) is 27.2. The normalized spacial score (nSPS) is 20.1. The molecule has 0 aliphatic carbocycles. The lowest BCUT2D eigenvalue weighted by Crippen LogP contribution is -2.60. The fraction of sp³-hybridized carbons (Fsp3) is 0.981. The topological polar surface area (TPSA) is 149 Å². The molecule has 9 nitrogen and oxygen atoms in total. The molecule has 1 fully saturated rings. The number of nitrogens with one attached hydrogen (secondary N) is 1. The molecule has 6 N–H and O–H groups in total. The van der Waals surface area contributed by atoms with Crippen molar-refractivity contribution in [1.82, 2.24) is 5.32 Å². The predicted octanol–water partition coefficient (Wildman–Crippen LogP) is 12.7. The molecule has 62 heavy (non-hydrogen) atoms. The van der Waals surface area contributed by atoms with Gasteiger partial charge in [0.1, 0.15) is 24.4 Å². The summed E-state index contributed by atoms with van der Waals surface area (Å²) in [5.74, 6) is -0.142. The first-order valence-corrected chi connectivity index (χ1v) is 27.2. The van der Waals surface area contributed by atoms with Crippen LogP contribution in [-0.2, 0) is 14.3 Å². The summed E-state index contributed by atoms with van der Waals surface area (Å²) in [5.41, 5.74) is 0. The maximum atomic E-state index is 12.9. The van der Waals surface area contributed by atoms with Crippen LogP contribution in [0, 0.1) is 0 Å². The molecule has 1 aliphatic heterocycles. The van der Waals surface area contributed by atoms with Crippen LogP contribution in [0.2, 0.25) is 0 Å². The van der Waals surface area contributed by atoms with Gasteiger partial charge >= 0.3 is 0 Å². The summed E-state index contributed by atoms with van der Waals surface area (Å²) in [6.07, 6.45) is 44.7. The molecule has 0 bridgehead atoms. The van der Waals surface area contributed by atoms with Gasteiger partial charge in [-0.15, -0.1) is 0 Å². The van der Waals surface area contributed by atoms with E-state index >= 15 is 0 Å². The molecule has 9 heteroatoms. The SMILES string of the molecule is CCCCCCCCCCCCCCCCCCCCCCCCCCCCCCCCCCC(=O)NC(COC1OC(CO)C(O)C(O)C1O)C(O)CCCCCCCCC. The monoisotopic (exact) mass is 884 g/mol. The number of amides is 1. The van der Waals surface area contributed by atoms with Crippen LogP contribution < -0.4 is 5.32 Å². The molecule has 7 atom stereocenters. The summed E-state index contributed by atoms with van der Waals surface area (Å²) in [7, 11) is 0. The molecule has 7 unspecified atom stereocenters. The number of ether oxygens (including phenoxy) is 2. The second kappa shape index (κ2) is 44.0. The highest BCUT2D eigenvalue weighted by Gasteiger charge is 2.44. The Morgan fingerprint density at radius 3 is 1.15 bits per heavy atom. The van der Waals surface area contributed by atoms with E-state index in [4.69, 9.17) is 9.47 Å². The van der Waals surface area contributed by atoms with E-state index in [9.17, 15) is 30.3 Å². The highest BCUT2D eigenvalue weighted by Crippen LogP contribution is 2.23. The number of aliphatic hydroxyl groups excluding tert-OH is 5. The number of hydrogen-bond acceptors (Lipinski definition) is 8. The second-order valence-electron chi connectivity index (χ2n) is 19.4. The van der Waals surface area contributed by atoms with Crippen LogP contribution in [0.25, 0.3) is 0 Å². The number of rotatable bonds is 47. The quantitative estimate of drug-likeness (QED) is 0.0331. The summed E-state index contributed by atoms with van der Waals surface area (Å²) in [4.78, 5) is 12.9. The Morgan fingerprint density at radius 1 is 0.484 bits per heavy atom. The molecular weight excluding hydrogens is 779 g/mol. The zero-order chi connectivity index (χ0) is 45.1. The molecule has 0 spiro atoms. The van der Waals surface area contributed by atoms with Crippen LogP contribution in [0.15, 0.2) is 0 Å². The molecule has 370 valence electrons. The van der Waals surface area contributed by atoms with Crippen LogP contribution in [0.1, 0.15) is 277 Å². The van der Waals surface area contributed by atoms with Crippen molar-refractivity contribution >= 4 is 5.91 Å². The molecule has 0 radical (unpaired) electrons. The van der Waals surface area contributed by atoms with Gasteiger partial charge in [-0.3, -0.25) is 4.79 Å². The van der Waals surface area contributed by atoms with E-state index in [0.717, 1.165) is 38.5 Å². The summed E-state index contributed by atoms with van der Waals surface area (Å²) < 4.78 is 11.2. The highest BCUT2D eigenvalue weighted by atomic mass is 16.7. The van der Waals surface area contributed by atoms with Gasteiger partial charge in [0.25, 0.3) is 0 Å². The fourth-order valence-electron chi connectivity index (χ4n) is 9.11. The smallest absolute Gasteiger partial charge is 0.220 e. The standard InChI is InChI=1S/C53H105NO8/c1-3-5-7-9-11-12-13-14-15-16-17-18-19-20-21-22-23-24-25-26-27-28-29-30-31-32-33-34-35-37-39-41-43-49(57)54-46(47(56)42-40-38-36-10-8-6-4-2)45-61-53-52(60)51(59)50(58)48(44-55)62-53/h46-48,50-53,55-56,58-60H,3-45H2,1-2H3,(H,54,57). The van der Waals surface area contributed by atoms with Crippen LogP contribution in [0.5, 0.6) is 0 Å². The van der Waals surface area contributed by atoms with Crippen LogP contribution >= 0.6 is 0 Å². The molecule has 0 aromatic carbocycles. The van der Waals surface area contributed by atoms with Crippen molar-refractivity contribution in [1.29, 1.82) is 0 Å². The van der Waals surface area contributed by atoms with E-state index in [-0.39, 0.29) is 12.5 Å². The Kier molecular flexibility index (Phi) is 42.1. The summed E-state index contributed by atoms with van der Waals surface area (Å²) in [5, 5.41) is 54.2.